The number of halogens is 1. The molecule has 0 saturated heterocycles. The topological polar surface area (TPSA) is 70.5 Å². The summed E-state index contributed by atoms with van der Waals surface area (Å²) in [6.07, 6.45) is 1.48. The summed E-state index contributed by atoms with van der Waals surface area (Å²) >= 11 is 6.05. The highest BCUT2D eigenvalue weighted by Gasteiger charge is 2.18. The number of rotatable bonds is 3. The molecule has 5 nitrogen and oxygen atoms in total. The average molecular weight is 279 g/mol. The lowest BCUT2D eigenvalue weighted by Crippen LogP contribution is -2.32. The number of carboxylic acids is 1. The molecule has 0 radical (unpaired) electrons. The maximum atomic E-state index is 12.2. The zero-order valence-electron chi connectivity index (χ0n) is 10.1. The summed E-state index contributed by atoms with van der Waals surface area (Å²) in [6.45, 7) is -0.378. The van der Waals surface area contributed by atoms with E-state index >= 15 is 0 Å². The second kappa shape index (κ2) is 5.24. The molecule has 0 atom stereocenters. The molecule has 98 valence electrons. The van der Waals surface area contributed by atoms with Gasteiger partial charge in [0.05, 0.1) is 0 Å². The van der Waals surface area contributed by atoms with Crippen LogP contribution in [0.15, 0.2) is 30.5 Å². The zero-order valence-corrected chi connectivity index (χ0v) is 10.9. The highest BCUT2D eigenvalue weighted by Crippen LogP contribution is 2.25. The molecule has 0 fully saturated rings. The van der Waals surface area contributed by atoms with Gasteiger partial charge in [-0.3, -0.25) is 14.6 Å². The maximum absolute atomic E-state index is 12.2. The third-order valence-electron chi connectivity index (χ3n) is 2.67. The van der Waals surface area contributed by atoms with Crippen LogP contribution in [0.3, 0.4) is 0 Å². The smallest absolute Gasteiger partial charge is 0.323 e. The van der Waals surface area contributed by atoms with E-state index in [-0.39, 0.29) is 12.2 Å². The highest BCUT2D eigenvalue weighted by atomic mass is 35.5. The minimum Gasteiger partial charge on any atom is -0.480 e. The maximum Gasteiger partial charge on any atom is 0.323 e. The van der Waals surface area contributed by atoms with Crippen molar-refractivity contribution in [2.45, 2.75) is 0 Å². The van der Waals surface area contributed by atoms with Gasteiger partial charge in [-0.25, -0.2) is 0 Å². The van der Waals surface area contributed by atoms with Gasteiger partial charge in [0.25, 0.3) is 5.91 Å². The highest BCUT2D eigenvalue weighted by molar-refractivity contribution is 6.35. The number of hydrogen-bond donors (Lipinski definition) is 1. The summed E-state index contributed by atoms with van der Waals surface area (Å²) in [7, 11) is 1.42. The third kappa shape index (κ3) is 2.66. The second-order valence-electron chi connectivity index (χ2n) is 4.05. The van der Waals surface area contributed by atoms with Gasteiger partial charge in [-0.1, -0.05) is 23.7 Å². The number of likely N-dealkylation sites (N-methyl/N-ethyl adjacent to an activating group) is 1. The van der Waals surface area contributed by atoms with Crippen LogP contribution < -0.4 is 0 Å². The predicted molar refractivity (Wildman–Crippen MR) is 71.3 cm³/mol. The molecule has 19 heavy (non-hydrogen) atoms. The number of benzene rings is 1. The first kappa shape index (κ1) is 13.3. The van der Waals surface area contributed by atoms with Crippen LogP contribution in [0.1, 0.15) is 10.5 Å². The van der Waals surface area contributed by atoms with Gasteiger partial charge in [-0.2, -0.15) is 0 Å². The Morgan fingerprint density at radius 2 is 2.05 bits per heavy atom. The number of aliphatic carboxylic acids is 1. The standard InChI is InChI=1S/C13H11ClN2O3/c1-16(7-11(17)18)13(19)12-9-3-2-4-10(14)8(9)5-6-15-12/h2-6H,7H2,1H3,(H,17,18). The molecule has 2 rings (SSSR count). The lowest BCUT2D eigenvalue weighted by atomic mass is 10.1. The number of hydrogen-bond acceptors (Lipinski definition) is 3. The van der Waals surface area contributed by atoms with Crippen LogP contribution in [0.2, 0.25) is 5.02 Å². The molecule has 1 amide bonds. The predicted octanol–water partition coefficient (Wildman–Crippen LogP) is 2.04. The minimum atomic E-state index is -1.07. The molecule has 0 unspecified atom stereocenters. The first-order valence-electron chi connectivity index (χ1n) is 5.51. The fourth-order valence-electron chi connectivity index (χ4n) is 1.79. The molecule has 0 aliphatic heterocycles. The van der Waals surface area contributed by atoms with E-state index in [1.807, 2.05) is 0 Å². The molecular formula is C13H11ClN2O3. The van der Waals surface area contributed by atoms with E-state index in [0.29, 0.717) is 15.8 Å². The van der Waals surface area contributed by atoms with Gasteiger partial charge in [0.1, 0.15) is 12.2 Å². The molecule has 0 aliphatic rings. The van der Waals surface area contributed by atoms with E-state index in [9.17, 15) is 9.59 Å². The summed E-state index contributed by atoms with van der Waals surface area (Å²) in [5.74, 6) is -1.52. The van der Waals surface area contributed by atoms with Gasteiger partial charge in [-0.15, -0.1) is 0 Å². The van der Waals surface area contributed by atoms with Crippen molar-refractivity contribution in [3.05, 3.63) is 41.2 Å². The molecule has 0 aliphatic carbocycles. The number of pyridine rings is 1. The SMILES string of the molecule is CN(CC(=O)O)C(=O)c1nccc2c(Cl)cccc12. The summed E-state index contributed by atoms with van der Waals surface area (Å²) in [6, 6.07) is 6.89. The van der Waals surface area contributed by atoms with Gasteiger partial charge in [0.15, 0.2) is 0 Å². The fraction of sp³-hybridized carbons (Fsp3) is 0.154. The number of nitrogens with zero attached hydrogens (tertiary/aromatic N) is 2. The third-order valence-corrected chi connectivity index (χ3v) is 3.00. The number of carbonyl (C=O) groups excluding carboxylic acids is 1. The van der Waals surface area contributed by atoms with Crippen LogP contribution in [0, 0.1) is 0 Å². The van der Waals surface area contributed by atoms with Gasteiger partial charge in [-0.05, 0) is 12.1 Å². The number of fused-ring (bicyclic) bond motifs is 1. The molecule has 0 saturated carbocycles. The van der Waals surface area contributed by atoms with Crippen molar-refractivity contribution in [1.29, 1.82) is 0 Å². The summed E-state index contributed by atoms with van der Waals surface area (Å²) in [5, 5.41) is 10.5. The summed E-state index contributed by atoms with van der Waals surface area (Å²) in [5.41, 5.74) is 0.198. The summed E-state index contributed by atoms with van der Waals surface area (Å²) < 4.78 is 0. The Morgan fingerprint density at radius 1 is 1.32 bits per heavy atom. The van der Waals surface area contributed by atoms with E-state index in [1.54, 1.807) is 24.3 Å². The second-order valence-corrected chi connectivity index (χ2v) is 4.46. The minimum absolute atomic E-state index is 0.198. The molecule has 6 heteroatoms. The Hall–Kier alpha value is -2.14. The average Bonchev–Trinajstić information content (AvgIpc) is 2.37. The molecule has 0 bridgehead atoms. The van der Waals surface area contributed by atoms with E-state index < -0.39 is 11.9 Å². The molecule has 0 spiro atoms. The summed E-state index contributed by atoms with van der Waals surface area (Å²) in [4.78, 5) is 27.9. The van der Waals surface area contributed by atoms with E-state index in [0.717, 1.165) is 4.90 Å². The van der Waals surface area contributed by atoms with Crippen LogP contribution in [-0.4, -0.2) is 40.5 Å². The van der Waals surface area contributed by atoms with Crippen molar-refractivity contribution < 1.29 is 14.7 Å². The van der Waals surface area contributed by atoms with Crippen molar-refractivity contribution in [1.82, 2.24) is 9.88 Å². The normalized spacial score (nSPS) is 10.4. The van der Waals surface area contributed by atoms with Crippen molar-refractivity contribution in [2.24, 2.45) is 0 Å². The molecule has 1 heterocycles. The number of aromatic nitrogens is 1. The number of carboxylic acid groups (broad SMARTS) is 1. The van der Waals surface area contributed by atoms with Crippen LogP contribution in [-0.2, 0) is 4.79 Å². The van der Waals surface area contributed by atoms with Gasteiger partial charge in [0, 0.05) is 29.0 Å². The van der Waals surface area contributed by atoms with Crippen LogP contribution >= 0.6 is 11.6 Å². The van der Waals surface area contributed by atoms with Gasteiger partial charge >= 0.3 is 5.97 Å². The largest absolute Gasteiger partial charge is 0.480 e. The Kier molecular flexibility index (Phi) is 3.66. The molecule has 1 N–H and O–H groups in total. The molecule has 1 aromatic carbocycles. The monoisotopic (exact) mass is 278 g/mol. The Bertz CT molecular complexity index is 657. The zero-order chi connectivity index (χ0) is 14.0. The van der Waals surface area contributed by atoms with E-state index in [2.05, 4.69) is 4.98 Å². The first-order valence-corrected chi connectivity index (χ1v) is 5.89. The lowest BCUT2D eigenvalue weighted by Gasteiger charge is -2.15. The van der Waals surface area contributed by atoms with Crippen LogP contribution in [0.25, 0.3) is 10.8 Å². The molecule has 1 aromatic heterocycles. The first-order chi connectivity index (χ1) is 9.00. The van der Waals surface area contributed by atoms with Gasteiger partial charge < -0.3 is 10.0 Å². The Balaban J connectivity index is 2.48. The van der Waals surface area contributed by atoms with Crippen molar-refractivity contribution in [3.8, 4) is 0 Å². The van der Waals surface area contributed by atoms with Crippen molar-refractivity contribution in [3.63, 3.8) is 0 Å². The van der Waals surface area contributed by atoms with Crippen molar-refractivity contribution in [2.75, 3.05) is 13.6 Å². The van der Waals surface area contributed by atoms with Crippen LogP contribution in [0.4, 0.5) is 0 Å². The number of amides is 1. The van der Waals surface area contributed by atoms with Crippen LogP contribution in [0.5, 0.6) is 0 Å². The Morgan fingerprint density at radius 3 is 2.74 bits per heavy atom. The van der Waals surface area contributed by atoms with E-state index in [4.69, 9.17) is 16.7 Å². The Labute approximate surface area is 114 Å². The quantitative estimate of drug-likeness (QED) is 0.933. The van der Waals surface area contributed by atoms with Gasteiger partial charge in [0.2, 0.25) is 0 Å². The van der Waals surface area contributed by atoms with E-state index in [1.165, 1.54) is 13.2 Å². The number of carbonyl (C=O) groups is 2. The fourth-order valence-corrected chi connectivity index (χ4v) is 2.03. The lowest BCUT2D eigenvalue weighted by molar-refractivity contribution is -0.137. The molecular weight excluding hydrogens is 268 g/mol. The van der Waals surface area contributed by atoms with Crippen molar-refractivity contribution >= 4 is 34.2 Å². The molecule has 2 aromatic rings.